The summed E-state index contributed by atoms with van der Waals surface area (Å²) in [5.74, 6) is 1.32. The SMILES string of the molecule is CC(=O)N[C@@H](C)C=Cc1cnn(Cc2c(Cl)cc(OCC3CC3)cc2Cl)c1. The Morgan fingerprint density at radius 2 is 2.11 bits per heavy atom. The van der Waals surface area contributed by atoms with Crippen molar-refractivity contribution in [3.63, 3.8) is 0 Å². The molecule has 1 aliphatic carbocycles. The standard InChI is InChI=1S/C20H23Cl2N3O2/c1-13(24-14(2)26)3-4-16-9-23-25(10-16)11-18-19(21)7-17(8-20(18)22)27-12-15-5-6-15/h3-4,7-10,13,15H,5-6,11-12H2,1-2H3,(H,24,26)/t13-/m0/s1. The fourth-order valence-electron chi connectivity index (χ4n) is 2.65. The molecule has 1 heterocycles. The van der Waals surface area contributed by atoms with Gasteiger partial charge < -0.3 is 10.1 Å². The van der Waals surface area contributed by atoms with Crippen molar-refractivity contribution in [2.75, 3.05) is 6.61 Å². The lowest BCUT2D eigenvalue weighted by Crippen LogP contribution is -2.28. The Kier molecular flexibility index (Phi) is 6.45. The smallest absolute Gasteiger partial charge is 0.217 e. The zero-order chi connectivity index (χ0) is 19.4. The zero-order valence-corrected chi connectivity index (χ0v) is 16.9. The highest BCUT2D eigenvalue weighted by Gasteiger charge is 2.22. The first kappa shape index (κ1) is 19.8. The molecule has 1 aliphatic rings. The Bertz CT molecular complexity index is 820. The van der Waals surface area contributed by atoms with Crippen LogP contribution in [0.3, 0.4) is 0 Å². The van der Waals surface area contributed by atoms with Gasteiger partial charge in [0.25, 0.3) is 0 Å². The van der Waals surface area contributed by atoms with Gasteiger partial charge in [0, 0.05) is 30.3 Å². The Labute approximate surface area is 169 Å². The van der Waals surface area contributed by atoms with E-state index in [4.69, 9.17) is 27.9 Å². The molecule has 1 aromatic carbocycles. The number of hydrogen-bond acceptors (Lipinski definition) is 3. The highest BCUT2D eigenvalue weighted by atomic mass is 35.5. The molecule has 27 heavy (non-hydrogen) atoms. The molecular formula is C20H23Cl2N3O2. The van der Waals surface area contributed by atoms with E-state index in [0.29, 0.717) is 28.3 Å². The minimum absolute atomic E-state index is 0.0436. The lowest BCUT2D eigenvalue weighted by molar-refractivity contribution is -0.119. The molecule has 1 aromatic heterocycles. The van der Waals surface area contributed by atoms with Crippen molar-refractivity contribution in [2.24, 2.45) is 5.92 Å². The van der Waals surface area contributed by atoms with Gasteiger partial charge in [0.2, 0.25) is 5.91 Å². The van der Waals surface area contributed by atoms with Crippen LogP contribution in [0.5, 0.6) is 5.75 Å². The average molecular weight is 408 g/mol. The van der Waals surface area contributed by atoms with Gasteiger partial charge in [-0.15, -0.1) is 0 Å². The molecule has 1 fully saturated rings. The molecule has 1 saturated carbocycles. The Morgan fingerprint density at radius 3 is 2.74 bits per heavy atom. The molecule has 1 amide bonds. The van der Waals surface area contributed by atoms with Crippen LogP contribution in [-0.2, 0) is 11.3 Å². The Morgan fingerprint density at radius 1 is 1.41 bits per heavy atom. The summed E-state index contributed by atoms with van der Waals surface area (Å²) in [5, 5.41) is 8.29. The number of nitrogens with zero attached hydrogens (tertiary/aromatic N) is 2. The van der Waals surface area contributed by atoms with Crippen LogP contribution in [0.2, 0.25) is 10.0 Å². The molecule has 1 N–H and O–H groups in total. The van der Waals surface area contributed by atoms with Crippen molar-refractivity contribution >= 4 is 35.2 Å². The van der Waals surface area contributed by atoms with E-state index in [1.54, 1.807) is 10.9 Å². The van der Waals surface area contributed by atoms with Gasteiger partial charge in [-0.1, -0.05) is 35.4 Å². The maximum atomic E-state index is 11.0. The number of carbonyl (C=O) groups excluding carboxylic acids is 1. The molecule has 144 valence electrons. The van der Waals surface area contributed by atoms with Crippen molar-refractivity contribution in [3.05, 3.63) is 51.8 Å². The Hall–Kier alpha value is -1.98. The van der Waals surface area contributed by atoms with E-state index in [2.05, 4.69) is 10.4 Å². The van der Waals surface area contributed by atoms with Crippen LogP contribution >= 0.6 is 23.2 Å². The number of rotatable bonds is 8. The molecule has 0 radical (unpaired) electrons. The van der Waals surface area contributed by atoms with Crippen LogP contribution in [-0.4, -0.2) is 28.3 Å². The van der Waals surface area contributed by atoms with Crippen molar-refractivity contribution in [3.8, 4) is 5.75 Å². The number of hydrogen-bond donors (Lipinski definition) is 1. The van der Waals surface area contributed by atoms with Crippen molar-refractivity contribution in [1.29, 1.82) is 0 Å². The first-order valence-corrected chi connectivity index (χ1v) is 9.75. The second-order valence-electron chi connectivity index (χ2n) is 6.94. The molecule has 3 rings (SSSR count). The summed E-state index contributed by atoms with van der Waals surface area (Å²) in [6, 6.07) is 3.58. The summed E-state index contributed by atoms with van der Waals surface area (Å²) in [7, 11) is 0. The molecular weight excluding hydrogens is 385 g/mol. The third-order valence-corrected chi connectivity index (χ3v) is 4.95. The van der Waals surface area contributed by atoms with E-state index in [0.717, 1.165) is 17.7 Å². The number of amides is 1. The molecule has 0 saturated heterocycles. The van der Waals surface area contributed by atoms with Gasteiger partial charge in [-0.25, -0.2) is 0 Å². The third-order valence-electron chi connectivity index (χ3n) is 4.28. The normalized spacial score (nSPS) is 15.1. The highest BCUT2D eigenvalue weighted by Crippen LogP contribution is 2.33. The van der Waals surface area contributed by atoms with Gasteiger partial charge in [0.15, 0.2) is 0 Å². The van der Waals surface area contributed by atoms with Gasteiger partial charge in [0.1, 0.15) is 5.75 Å². The minimum atomic E-state index is -0.0586. The van der Waals surface area contributed by atoms with Crippen molar-refractivity contribution < 1.29 is 9.53 Å². The van der Waals surface area contributed by atoms with Crippen LogP contribution < -0.4 is 10.1 Å². The summed E-state index contributed by atoms with van der Waals surface area (Å²) in [6.45, 7) is 4.60. The zero-order valence-electron chi connectivity index (χ0n) is 15.4. The van der Waals surface area contributed by atoms with E-state index in [1.807, 2.05) is 37.4 Å². The van der Waals surface area contributed by atoms with E-state index in [1.165, 1.54) is 19.8 Å². The number of carbonyl (C=O) groups is 1. The second kappa shape index (κ2) is 8.81. The predicted octanol–water partition coefficient (Wildman–Crippen LogP) is 4.56. The first-order valence-electron chi connectivity index (χ1n) is 8.99. The number of aromatic nitrogens is 2. The molecule has 0 aliphatic heterocycles. The van der Waals surface area contributed by atoms with Gasteiger partial charge in [-0.2, -0.15) is 5.10 Å². The summed E-state index contributed by atoms with van der Waals surface area (Å²) >= 11 is 12.8. The van der Waals surface area contributed by atoms with Gasteiger partial charge in [-0.3, -0.25) is 9.48 Å². The lowest BCUT2D eigenvalue weighted by atomic mass is 10.2. The summed E-state index contributed by atoms with van der Waals surface area (Å²) < 4.78 is 7.53. The molecule has 0 unspecified atom stereocenters. The number of ether oxygens (including phenoxy) is 1. The topological polar surface area (TPSA) is 56.2 Å². The van der Waals surface area contributed by atoms with Crippen LogP contribution in [0.1, 0.15) is 37.8 Å². The van der Waals surface area contributed by atoms with E-state index >= 15 is 0 Å². The van der Waals surface area contributed by atoms with E-state index < -0.39 is 0 Å². The number of nitrogens with one attached hydrogen (secondary N) is 1. The largest absolute Gasteiger partial charge is 0.493 e. The lowest BCUT2D eigenvalue weighted by Gasteiger charge is -2.11. The van der Waals surface area contributed by atoms with Crippen LogP contribution in [0.4, 0.5) is 0 Å². The van der Waals surface area contributed by atoms with Crippen LogP contribution in [0, 0.1) is 5.92 Å². The first-order chi connectivity index (χ1) is 12.9. The van der Waals surface area contributed by atoms with Crippen molar-refractivity contribution in [2.45, 2.75) is 39.3 Å². The summed E-state index contributed by atoms with van der Waals surface area (Å²) in [5.41, 5.74) is 1.74. The molecule has 7 heteroatoms. The van der Waals surface area contributed by atoms with E-state index in [-0.39, 0.29) is 11.9 Å². The fraction of sp³-hybridized carbons (Fsp3) is 0.400. The summed E-state index contributed by atoms with van der Waals surface area (Å²) in [4.78, 5) is 11.0. The average Bonchev–Trinajstić information content (AvgIpc) is 3.32. The molecule has 5 nitrogen and oxygen atoms in total. The Balaban J connectivity index is 1.64. The molecule has 1 atom stereocenters. The third kappa shape index (κ3) is 6.01. The minimum Gasteiger partial charge on any atom is -0.493 e. The predicted molar refractivity (Wildman–Crippen MR) is 108 cm³/mol. The van der Waals surface area contributed by atoms with Gasteiger partial charge >= 0.3 is 0 Å². The van der Waals surface area contributed by atoms with Crippen LogP contribution in [0.15, 0.2) is 30.6 Å². The number of halogens is 2. The molecule has 2 aromatic rings. The number of benzene rings is 1. The molecule has 0 spiro atoms. The van der Waals surface area contributed by atoms with E-state index in [9.17, 15) is 4.79 Å². The maximum Gasteiger partial charge on any atom is 0.217 e. The van der Waals surface area contributed by atoms with Crippen LogP contribution in [0.25, 0.3) is 6.08 Å². The van der Waals surface area contributed by atoms with Gasteiger partial charge in [0.05, 0.1) is 29.4 Å². The fourth-order valence-corrected chi connectivity index (χ4v) is 3.24. The van der Waals surface area contributed by atoms with Gasteiger partial charge in [-0.05, 0) is 37.8 Å². The monoisotopic (exact) mass is 407 g/mol. The summed E-state index contributed by atoms with van der Waals surface area (Å²) in [6.07, 6.45) is 9.96. The quantitative estimate of drug-likeness (QED) is 0.697. The highest BCUT2D eigenvalue weighted by molar-refractivity contribution is 6.36. The maximum absolute atomic E-state index is 11.0. The second-order valence-corrected chi connectivity index (χ2v) is 7.75. The van der Waals surface area contributed by atoms with Crippen molar-refractivity contribution in [1.82, 2.24) is 15.1 Å². The molecule has 0 bridgehead atoms.